The molecule has 2 heterocycles. The van der Waals surface area contributed by atoms with Gasteiger partial charge >= 0.3 is 17.9 Å². The molecule has 2 aromatic rings. The maximum atomic E-state index is 13.1. The third-order valence-corrected chi connectivity index (χ3v) is 5.75. The van der Waals surface area contributed by atoms with E-state index in [2.05, 4.69) is 10.3 Å². The van der Waals surface area contributed by atoms with Crippen molar-refractivity contribution in [3.8, 4) is 11.5 Å². The lowest BCUT2D eigenvalue weighted by molar-refractivity contribution is -0.154. The Morgan fingerprint density at radius 2 is 1.87 bits per heavy atom. The number of pyridine rings is 1. The summed E-state index contributed by atoms with van der Waals surface area (Å²) in [6, 6.07) is 9.63. The molecular formula is C27H32N2O9. The number of benzene rings is 1. The Labute approximate surface area is 220 Å². The van der Waals surface area contributed by atoms with Crippen molar-refractivity contribution in [2.75, 3.05) is 20.5 Å². The van der Waals surface area contributed by atoms with Crippen molar-refractivity contribution in [1.82, 2.24) is 10.3 Å². The van der Waals surface area contributed by atoms with Crippen LogP contribution in [0.4, 0.5) is 0 Å². The van der Waals surface area contributed by atoms with Gasteiger partial charge in [0.15, 0.2) is 23.2 Å². The van der Waals surface area contributed by atoms with E-state index >= 15 is 0 Å². The lowest BCUT2D eigenvalue weighted by Crippen LogP contribution is -2.46. The molecule has 3 rings (SSSR count). The van der Waals surface area contributed by atoms with Crippen LogP contribution in [0.2, 0.25) is 0 Å². The standard InChI is InChI=1S/C27H32N2O9/c1-16(2)25(31)37-15-36-23-21(34-4)10-11-28-22(23)24(30)29-20-14-35-26(32)19(12-17(3)38-27(20)33)13-18-8-6-5-7-9-18/h5-11,16-17,19-20H,12-15H2,1-4H3,(H,29,30)/t17-,19+,20-/m0/s1. The highest BCUT2D eigenvalue weighted by molar-refractivity contribution is 5.98. The summed E-state index contributed by atoms with van der Waals surface area (Å²) in [7, 11) is 1.37. The van der Waals surface area contributed by atoms with Crippen LogP contribution in [0.15, 0.2) is 42.6 Å². The molecule has 0 radical (unpaired) electrons. The predicted molar refractivity (Wildman–Crippen MR) is 133 cm³/mol. The SMILES string of the molecule is COc1ccnc(C(=O)N[C@H]2COC(=O)[C@@H](Cc3ccccc3)C[C@H](C)OC2=O)c1OCOC(=O)C(C)C. The summed E-state index contributed by atoms with van der Waals surface area (Å²) in [5, 5.41) is 2.50. The van der Waals surface area contributed by atoms with Crippen molar-refractivity contribution in [2.45, 2.75) is 45.8 Å². The van der Waals surface area contributed by atoms with Gasteiger partial charge in [0.05, 0.1) is 25.0 Å². The van der Waals surface area contributed by atoms with Gasteiger partial charge in [0.25, 0.3) is 5.91 Å². The number of carbonyl (C=O) groups is 4. The number of carbonyl (C=O) groups excluding carboxylic acids is 4. The first-order valence-corrected chi connectivity index (χ1v) is 12.2. The summed E-state index contributed by atoms with van der Waals surface area (Å²) >= 11 is 0. The van der Waals surface area contributed by atoms with Gasteiger partial charge in [-0.25, -0.2) is 9.78 Å². The topological polar surface area (TPSA) is 139 Å². The molecule has 1 N–H and O–H groups in total. The zero-order chi connectivity index (χ0) is 27.7. The Kier molecular flexibility index (Phi) is 10.0. The quantitative estimate of drug-likeness (QED) is 0.293. The monoisotopic (exact) mass is 528 g/mol. The number of methoxy groups -OCH3 is 1. The Morgan fingerprint density at radius 3 is 2.55 bits per heavy atom. The summed E-state index contributed by atoms with van der Waals surface area (Å²) in [6.07, 6.45) is 1.42. The summed E-state index contributed by atoms with van der Waals surface area (Å²) in [5.41, 5.74) is 0.728. The number of hydrogen-bond donors (Lipinski definition) is 1. The van der Waals surface area contributed by atoms with E-state index in [0.29, 0.717) is 6.42 Å². The van der Waals surface area contributed by atoms with Crippen molar-refractivity contribution in [1.29, 1.82) is 0 Å². The average Bonchev–Trinajstić information content (AvgIpc) is 2.94. The van der Waals surface area contributed by atoms with Crippen molar-refractivity contribution >= 4 is 23.8 Å². The second-order valence-electron chi connectivity index (χ2n) is 9.10. The lowest BCUT2D eigenvalue weighted by atomic mass is 9.94. The normalized spacial score (nSPS) is 19.8. The Hall–Kier alpha value is -4.15. The molecule has 0 saturated carbocycles. The number of amides is 1. The molecular weight excluding hydrogens is 496 g/mol. The number of ether oxygens (including phenoxy) is 5. The van der Waals surface area contributed by atoms with Gasteiger partial charge in [-0.1, -0.05) is 44.2 Å². The van der Waals surface area contributed by atoms with Crippen LogP contribution in [0.25, 0.3) is 0 Å². The number of aromatic nitrogens is 1. The summed E-state index contributed by atoms with van der Waals surface area (Å²) in [4.78, 5) is 54.6. The van der Waals surface area contributed by atoms with E-state index in [4.69, 9.17) is 23.7 Å². The second-order valence-corrected chi connectivity index (χ2v) is 9.10. The highest BCUT2D eigenvalue weighted by Crippen LogP contribution is 2.30. The van der Waals surface area contributed by atoms with Crippen molar-refractivity contribution in [3.05, 3.63) is 53.9 Å². The number of rotatable bonds is 9. The fraction of sp³-hybridized carbons (Fsp3) is 0.444. The molecule has 38 heavy (non-hydrogen) atoms. The molecule has 1 aromatic heterocycles. The summed E-state index contributed by atoms with van der Waals surface area (Å²) < 4.78 is 26.7. The number of cyclic esters (lactones) is 2. The van der Waals surface area contributed by atoms with Crippen LogP contribution in [0.5, 0.6) is 11.5 Å². The largest absolute Gasteiger partial charge is 0.493 e. The van der Waals surface area contributed by atoms with Gasteiger partial charge in [0.1, 0.15) is 6.61 Å². The Bertz CT molecular complexity index is 1140. The van der Waals surface area contributed by atoms with Crippen LogP contribution in [0.1, 0.15) is 43.2 Å². The average molecular weight is 529 g/mol. The van der Waals surface area contributed by atoms with Crippen LogP contribution in [-0.2, 0) is 35.0 Å². The van der Waals surface area contributed by atoms with Gasteiger partial charge in [-0.05, 0) is 25.3 Å². The van der Waals surface area contributed by atoms with Crippen molar-refractivity contribution in [3.63, 3.8) is 0 Å². The van der Waals surface area contributed by atoms with E-state index in [1.165, 1.54) is 19.4 Å². The van der Waals surface area contributed by atoms with Crippen LogP contribution in [0, 0.1) is 11.8 Å². The molecule has 1 saturated heterocycles. The van der Waals surface area contributed by atoms with E-state index < -0.39 is 55.3 Å². The fourth-order valence-corrected chi connectivity index (χ4v) is 3.77. The molecule has 0 aliphatic carbocycles. The minimum atomic E-state index is -1.29. The zero-order valence-electron chi connectivity index (χ0n) is 21.8. The van der Waals surface area contributed by atoms with Gasteiger partial charge in [0.2, 0.25) is 6.79 Å². The van der Waals surface area contributed by atoms with Gasteiger partial charge in [0, 0.05) is 12.3 Å². The molecule has 1 amide bonds. The molecule has 0 bridgehead atoms. The smallest absolute Gasteiger partial charge is 0.332 e. The van der Waals surface area contributed by atoms with Crippen LogP contribution in [-0.4, -0.2) is 61.5 Å². The predicted octanol–water partition coefficient (Wildman–Crippen LogP) is 2.46. The maximum absolute atomic E-state index is 13.1. The number of nitrogens with zero attached hydrogens (tertiary/aromatic N) is 1. The van der Waals surface area contributed by atoms with E-state index in [0.717, 1.165) is 5.56 Å². The van der Waals surface area contributed by atoms with Gasteiger partial charge in [-0.3, -0.25) is 14.4 Å². The summed E-state index contributed by atoms with van der Waals surface area (Å²) in [6.45, 7) is 4.11. The molecule has 11 heteroatoms. The molecule has 204 valence electrons. The molecule has 1 aliphatic rings. The zero-order valence-corrected chi connectivity index (χ0v) is 21.8. The Balaban J connectivity index is 1.73. The van der Waals surface area contributed by atoms with Gasteiger partial charge < -0.3 is 29.0 Å². The summed E-state index contributed by atoms with van der Waals surface area (Å²) in [5.74, 6) is -3.37. The molecule has 0 spiro atoms. The van der Waals surface area contributed by atoms with Crippen molar-refractivity contribution in [2.24, 2.45) is 11.8 Å². The first kappa shape index (κ1) is 28.4. The maximum Gasteiger partial charge on any atom is 0.332 e. The molecule has 0 unspecified atom stereocenters. The fourth-order valence-electron chi connectivity index (χ4n) is 3.77. The highest BCUT2D eigenvalue weighted by atomic mass is 16.7. The number of hydrogen-bond acceptors (Lipinski definition) is 10. The lowest BCUT2D eigenvalue weighted by Gasteiger charge is -2.19. The highest BCUT2D eigenvalue weighted by Gasteiger charge is 2.33. The molecule has 1 aliphatic heterocycles. The van der Waals surface area contributed by atoms with E-state index in [9.17, 15) is 19.2 Å². The first-order valence-electron chi connectivity index (χ1n) is 12.2. The van der Waals surface area contributed by atoms with Gasteiger partial charge in [-0.2, -0.15) is 0 Å². The van der Waals surface area contributed by atoms with Crippen LogP contribution < -0.4 is 14.8 Å². The molecule has 3 atom stereocenters. The van der Waals surface area contributed by atoms with E-state index in [1.807, 2.05) is 30.3 Å². The number of nitrogens with one attached hydrogen (secondary N) is 1. The van der Waals surface area contributed by atoms with Crippen LogP contribution in [0.3, 0.4) is 0 Å². The van der Waals surface area contributed by atoms with Crippen LogP contribution >= 0.6 is 0 Å². The second kappa shape index (κ2) is 13.4. The first-order chi connectivity index (χ1) is 18.2. The number of esters is 3. The third-order valence-electron chi connectivity index (χ3n) is 5.75. The third kappa shape index (κ3) is 7.67. The minimum Gasteiger partial charge on any atom is -0.493 e. The van der Waals surface area contributed by atoms with Gasteiger partial charge in [-0.15, -0.1) is 0 Å². The Morgan fingerprint density at radius 1 is 1.13 bits per heavy atom. The van der Waals surface area contributed by atoms with Crippen molar-refractivity contribution < 1.29 is 42.9 Å². The molecule has 1 aromatic carbocycles. The molecule has 11 nitrogen and oxygen atoms in total. The van der Waals surface area contributed by atoms with E-state index in [1.54, 1.807) is 20.8 Å². The molecule has 1 fully saturated rings. The minimum absolute atomic E-state index is 0.0891. The van der Waals surface area contributed by atoms with E-state index in [-0.39, 0.29) is 29.5 Å².